The maximum absolute atomic E-state index is 12.0. The van der Waals surface area contributed by atoms with Crippen molar-refractivity contribution in [2.24, 2.45) is 0 Å². The monoisotopic (exact) mass is 377 g/mol. The maximum Gasteiger partial charge on any atom is 0.420 e. The molecule has 0 N–H and O–H groups in total. The molecule has 0 bridgehead atoms. The molecule has 0 aliphatic rings. The number of aromatic nitrogens is 3. The van der Waals surface area contributed by atoms with Gasteiger partial charge in [0.1, 0.15) is 5.75 Å². The van der Waals surface area contributed by atoms with Gasteiger partial charge < -0.3 is 13.7 Å². The van der Waals surface area contributed by atoms with Gasteiger partial charge in [-0.3, -0.25) is 4.57 Å². The topological polar surface area (TPSA) is 83.3 Å². The number of hydrogen-bond donors (Lipinski definition) is 0. The summed E-state index contributed by atoms with van der Waals surface area (Å²) in [6.45, 7) is 3.87. The van der Waals surface area contributed by atoms with Crippen LogP contribution in [0.1, 0.15) is 31.3 Å². The fourth-order valence-corrected chi connectivity index (χ4v) is 3.05. The van der Waals surface area contributed by atoms with E-state index in [4.69, 9.17) is 13.7 Å². The van der Waals surface area contributed by atoms with Crippen LogP contribution in [0.2, 0.25) is 0 Å². The second kappa shape index (κ2) is 7.19. The quantitative estimate of drug-likeness (QED) is 0.512. The van der Waals surface area contributed by atoms with Gasteiger partial charge in [-0.05, 0) is 44.2 Å². The van der Waals surface area contributed by atoms with Gasteiger partial charge in [0.25, 0.3) is 5.89 Å². The molecule has 0 atom stereocenters. The Morgan fingerprint density at radius 2 is 1.96 bits per heavy atom. The zero-order chi connectivity index (χ0) is 19.7. The van der Waals surface area contributed by atoms with E-state index in [-0.39, 0.29) is 11.8 Å². The van der Waals surface area contributed by atoms with E-state index in [1.54, 1.807) is 23.8 Å². The first-order valence-electron chi connectivity index (χ1n) is 8.87. The molecule has 0 saturated carbocycles. The minimum atomic E-state index is -0.379. The van der Waals surface area contributed by atoms with Gasteiger partial charge in [-0.15, -0.1) is 0 Å². The first-order valence-corrected chi connectivity index (χ1v) is 8.87. The summed E-state index contributed by atoms with van der Waals surface area (Å²) in [5, 5.41) is 4.02. The third-order valence-corrected chi connectivity index (χ3v) is 4.37. The molecule has 4 rings (SSSR count). The number of hydrogen-bond acceptors (Lipinski definition) is 6. The molecule has 0 aliphatic carbocycles. The van der Waals surface area contributed by atoms with E-state index < -0.39 is 0 Å². The van der Waals surface area contributed by atoms with Gasteiger partial charge in [-0.1, -0.05) is 23.4 Å². The molecule has 0 radical (unpaired) electrons. The van der Waals surface area contributed by atoms with E-state index in [1.807, 2.05) is 56.3 Å². The lowest BCUT2D eigenvalue weighted by molar-refractivity contribution is 0.411. The molecule has 0 aliphatic heterocycles. The van der Waals surface area contributed by atoms with Gasteiger partial charge >= 0.3 is 5.76 Å². The predicted molar refractivity (Wildman–Crippen MR) is 106 cm³/mol. The molecule has 7 heteroatoms. The molecular formula is C21H19N3O4. The molecule has 0 amide bonds. The molecule has 4 aromatic rings. The smallest absolute Gasteiger partial charge is 0.420 e. The molecule has 142 valence electrons. The Balaban J connectivity index is 1.64. The molecule has 7 nitrogen and oxygen atoms in total. The van der Waals surface area contributed by atoms with Gasteiger partial charge in [0, 0.05) is 23.2 Å². The van der Waals surface area contributed by atoms with E-state index in [2.05, 4.69) is 10.1 Å². The number of fused-ring (bicyclic) bond motifs is 1. The minimum Gasteiger partial charge on any atom is -0.496 e. The van der Waals surface area contributed by atoms with Crippen molar-refractivity contribution >= 4 is 23.3 Å². The van der Waals surface area contributed by atoms with Crippen molar-refractivity contribution in [2.45, 2.75) is 19.9 Å². The maximum atomic E-state index is 12.0. The molecule has 2 aromatic carbocycles. The number of rotatable bonds is 5. The summed E-state index contributed by atoms with van der Waals surface area (Å²) >= 11 is 0. The summed E-state index contributed by atoms with van der Waals surface area (Å²) in [4.78, 5) is 16.4. The van der Waals surface area contributed by atoms with Crippen LogP contribution in [0.25, 0.3) is 34.6 Å². The van der Waals surface area contributed by atoms with Gasteiger partial charge in [-0.25, -0.2) is 4.79 Å². The molecule has 28 heavy (non-hydrogen) atoms. The Labute approximate surface area is 160 Å². The van der Waals surface area contributed by atoms with Crippen LogP contribution in [-0.2, 0) is 0 Å². The summed E-state index contributed by atoms with van der Waals surface area (Å²) in [6.07, 6.45) is 3.57. The van der Waals surface area contributed by atoms with E-state index in [9.17, 15) is 4.79 Å². The van der Waals surface area contributed by atoms with Gasteiger partial charge in [0.15, 0.2) is 5.58 Å². The fraction of sp³-hybridized carbons (Fsp3) is 0.190. The van der Waals surface area contributed by atoms with Crippen molar-refractivity contribution in [1.82, 2.24) is 14.7 Å². The van der Waals surface area contributed by atoms with Crippen molar-refractivity contribution in [1.29, 1.82) is 0 Å². The number of methoxy groups -OCH3 is 1. The van der Waals surface area contributed by atoms with Crippen LogP contribution in [-0.4, -0.2) is 21.8 Å². The van der Waals surface area contributed by atoms with Crippen molar-refractivity contribution in [3.05, 3.63) is 64.5 Å². The summed E-state index contributed by atoms with van der Waals surface area (Å²) in [5.74, 6) is 1.16. The molecular weight excluding hydrogens is 358 g/mol. The van der Waals surface area contributed by atoms with Gasteiger partial charge in [0.2, 0.25) is 5.82 Å². The lowest BCUT2D eigenvalue weighted by atomic mass is 10.2. The lowest BCUT2D eigenvalue weighted by Crippen LogP contribution is -2.15. The molecule has 0 spiro atoms. The summed E-state index contributed by atoms with van der Waals surface area (Å²) in [5.41, 5.74) is 2.84. The van der Waals surface area contributed by atoms with Gasteiger partial charge in [0.05, 0.1) is 12.6 Å². The lowest BCUT2D eigenvalue weighted by Gasteiger charge is -2.04. The van der Waals surface area contributed by atoms with Crippen LogP contribution < -0.4 is 10.5 Å². The zero-order valence-electron chi connectivity index (χ0n) is 15.7. The Hall–Kier alpha value is -3.61. The Kier molecular flexibility index (Phi) is 4.57. The highest BCUT2D eigenvalue weighted by Gasteiger charge is 2.14. The van der Waals surface area contributed by atoms with Crippen LogP contribution in [0.15, 0.2) is 56.2 Å². The van der Waals surface area contributed by atoms with Crippen LogP contribution in [0, 0.1) is 0 Å². The average molecular weight is 377 g/mol. The van der Waals surface area contributed by atoms with Crippen molar-refractivity contribution in [2.75, 3.05) is 7.11 Å². The zero-order valence-corrected chi connectivity index (χ0v) is 15.7. The highest BCUT2D eigenvalue weighted by Crippen LogP contribution is 2.24. The number of nitrogens with zero attached hydrogens (tertiary/aromatic N) is 3. The Morgan fingerprint density at radius 1 is 1.14 bits per heavy atom. The molecule has 0 unspecified atom stereocenters. The second-order valence-corrected chi connectivity index (χ2v) is 6.55. The summed E-state index contributed by atoms with van der Waals surface area (Å²) in [6, 6.07) is 13.1. The molecule has 2 heterocycles. The Bertz CT molecular complexity index is 1210. The standard InChI is InChI=1S/C21H19N3O4/c1-13(2)24-16-10-8-15(12-18(16)27-21(24)25)20-22-19(28-23-20)11-9-14-6-4-5-7-17(14)26-3/h4-13H,1-3H3. The minimum absolute atomic E-state index is 0.0106. The van der Waals surface area contributed by atoms with E-state index in [1.165, 1.54) is 0 Å². The van der Waals surface area contributed by atoms with Crippen molar-refractivity contribution in [3.8, 4) is 17.1 Å². The third kappa shape index (κ3) is 3.22. The summed E-state index contributed by atoms with van der Waals surface area (Å²) < 4.78 is 17.6. The number of ether oxygens (including phenoxy) is 1. The fourth-order valence-electron chi connectivity index (χ4n) is 3.05. The molecule has 0 saturated heterocycles. The predicted octanol–water partition coefficient (Wildman–Crippen LogP) is 4.40. The van der Waals surface area contributed by atoms with Crippen molar-refractivity contribution < 1.29 is 13.7 Å². The van der Waals surface area contributed by atoms with Crippen LogP contribution in [0.4, 0.5) is 0 Å². The largest absolute Gasteiger partial charge is 0.496 e. The first kappa shape index (κ1) is 17.8. The first-order chi connectivity index (χ1) is 13.6. The molecule has 0 fully saturated rings. The molecule has 2 aromatic heterocycles. The number of benzene rings is 2. The normalized spacial score (nSPS) is 11.7. The van der Waals surface area contributed by atoms with Crippen LogP contribution in [0.5, 0.6) is 5.75 Å². The van der Waals surface area contributed by atoms with Gasteiger partial charge in [-0.2, -0.15) is 4.98 Å². The second-order valence-electron chi connectivity index (χ2n) is 6.55. The van der Waals surface area contributed by atoms with Crippen molar-refractivity contribution in [3.63, 3.8) is 0 Å². The number of oxazole rings is 1. The Morgan fingerprint density at radius 3 is 2.75 bits per heavy atom. The van der Waals surface area contributed by atoms with E-state index in [0.717, 1.165) is 16.8 Å². The SMILES string of the molecule is COc1ccccc1C=Cc1nc(-c2ccc3c(c2)oc(=O)n3C(C)C)no1. The third-order valence-electron chi connectivity index (χ3n) is 4.37. The van der Waals surface area contributed by atoms with Crippen LogP contribution in [0.3, 0.4) is 0 Å². The van der Waals surface area contributed by atoms with E-state index in [0.29, 0.717) is 22.9 Å². The highest BCUT2D eigenvalue weighted by molar-refractivity contribution is 5.79. The summed E-state index contributed by atoms with van der Waals surface area (Å²) in [7, 11) is 1.62. The number of para-hydroxylation sites is 1. The van der Waals surface area contributed by atoms with E-state index >= 15 is 0 Å². The average Bonchev–Trinajstić information content (AvgIpc) is 3.29. The highest BCUT2D eigenvalue weighted by atomic mass is 16.5. The van der Waals surface area contributed by atoms with Crippen LogP contribution >= 0.6 is 0 Å².